The number of nitrogens with one attached hydrogen (secondary N) is 1. The quantitative estimate of drug-likeness (QED) is 0.889. The molecule has 0 saturated heterocycles. The smallest absolute Gasteiger partial charge is 0.179 e. The van der Waals surface area contributed by atoms with E-state index in [0.29, 0.717) is 23.1 Å². The minimum absolute atomic E-state index is 0.566. The van der Waals surface area contributed by atoms with Crippen LogP contribution in [0.4, 0.5) is 0 Å². The van der Waals surface area contributed by atoms with Crippen molar-refractivity contribution in [1.29, 1.82) is 0 Å². The zero-order valence-corrected chi connectivity index (χ0v) is 13.2. The number of pyridine rings is 1. The van der Waals surface area contributed by atoms with Crippen molar-refractivity contribution >= 4 is 11.6 Å². The van der Waals surface area contributed by atoms with Crippen LogP contribution in [0.3, 0.4) is 0 Å². The topological polar surface area (TPSA) is 43.4 Å². The molecule has 0 aliphatic carbocycles. The van der Waals surface area contributed by atoms with E-state index in [2.05, 4.69) is 17.2 Å². The molecule has 0 atom stereocenters. The van der Waals surface area contributed by atoms with Gasteiger partial charge >= 0.3 is 0 Å². The first kappa shape index (κ1) is 15.6. The largest absolute Gasteiger partial charge is 0.493 e. The van der Waals surface area contributed by atoms with Crippen molar-refractivity contribution in [2.24, 2.45) is 0 Å². The van der Waals surface area contributed by atoms with Crippen molar-refractivity contribution in [2.75, 3.05) is 14.2 Å². The lowest BCUT2D eigenvalue weighted by Crippen LogP contribution is -2.14. The van der Waals surface area contributed by atoms with Crippen molar-refractivity contribution in [3.8, 4) is 11.5 Å². The lowest BCUT2D eigenvalue weighted by Gasteiger charge is -2.13. The lowest BCUT2D eigenvalue weighted by molar-refractivity contribution is 0.354. The summed E-state index contributed by atoms with van der Waals surface area (Å²) < 4.78 is 10.5. The molecule has 2 aromatic rings. The van der Waals surface area contributed by atoms with Crippen LogP contribution in [-0.2, 0) is 13.1 Å². The number of hydrogen-bond acceptors (Lipinski definition) is 4. The highest BCUT2D eigenvalue weighted by molar-refractivity contribution is 6.33. The van der Waals surface area contributed by atoms with Crippen LogP contribution in [-0.4, -0.2) is 19.2 Å². The second-order valence-electron chi connectivity index (χ2n) is 4.68. The number of methoxy groups -OCH3 is 2. The average molecular weight is 307 g/mol. The Bertz CT molecular complexity index is 617. The highest BCUT2D eigenvalue weighted by atomic mass is 35.5. The number of benzene rings is 1. The summed E-state index contributed by atoms with van der Waals surface area (Å²) in [6.45, 7) is 3.46. The van der Waals surface area contributed by atoms with Crippen molar-refractivity contribution in [1.82, 2.24) is 10.3 Å². The summed E-state index contributed by atoms with van der Waals surface area (Å²) >= 11 is 6.35. The van der Waals surface area contributed by atoms with E-state index < -0.39 is 0 Å². The minimum Gasteiger partial charge on any atom is -0.493 e. The minimum atomic E-state index is 0.566. The van der Waals surface area contributed by atoms with Gasteiger partial charge in [0.05, 0.1) is 19.2 Å². The van der Waals surface area contributed by atoms with Gasteiger partial charge in [-0.3, -0.25) is 4.98 Å². The second-order valence-corrected chi connectivity index (χ2v) is 5.06. The summed E-state index contributed by atoms with van der Waals surface area (Å²) in [7, 11) is 3.18. The van der Waals surface area contributed by atoms with E-state index in [4.69, 9.17) is 21.1 Å². The molecule has 0 saturated carbocycles. The first-order chi connectivity index (χ1) is 10.2. The van der Waals surface area contributed by atoms with Crippen LogP contribution in [0.15, 0.2) is 30.6 Å². The normalized spacial score (nSPS) is 10.5. The van der Waals surface area contributed by atoms with Gasteiger partial charge in [-0.1, -0.05) is 17.7 Å². The molecule has 0 fully saturated rings. The van der Waals surface area contributed by atoms with Gasteiger partial charge in [0.15, 0.2) is 11.5 Å². The molecular weight excluding hydrogens is 288 g/mol. The van der Waals surface area contributed by atoms with Crippen molar-refractivity contribution < 1.29 is 9.47 Å². The van der Waals surface area contributed by atoms with Crippen molar-refractivity contribution in [2.45, 2.75) is 20.0 Å². The first-order valence-corrected chi connectivity index (χ1v) is 7.04. The van der Waals surface area contributed by atoms with Crippen molar-refractivity contribution in [3.63, 3.8) is 0 Å². The fraction of sp³-hybridized carbons (Fsp3) is 0.312. The Kier molecular flexibility index (Phi) is 5.42. The van der Waals surface area contributed by atoms with E-state index in [9.17, 15) is 0 Å². The van der Waals surface area contributed by atoms with Gasteiger partial charge in [0, 0.05) is 25.5 Å². The van der Waals surface area contributed by atoms with E-state index >= 15 is 0 Å². The third-order valence-electron chi connectivity index (χ3n) is 3.34. The van der Waals surface area contributed by atoms with Crippen LogP contribution in [0.5, 0.6) is 11.5 Å². The summed E-state index contributed by atoms with van der Waals surface area (Å²) in [4.78, 5) is 4.14. The monoisotopic (exact) mass is 306 g/mol. The van der Waals surface area contributed by atoms with E-state index in [1.165, 1.54) is 11.1 Å². The van der Waals surface area contributed by atoms with Gasteiger partial charge in [0.2, 0.25) is 0 Å². The maximum Gasteiger partial charge on any atom is 0.179 e. The van der Waals surface area contributed by atoms with Crippen LogP contribution < -0.4 is 14.8 Å². The molecule has 5 heteroatoms. The van der Waals surface area contributed by atoms with Crippen LogP contribution >= 0.6 is 11.6 Å². The Morgan fingerprint density at radius 3 is 2.52 bits per heavy atom. The molecule has 1 aromatic heterocycles. The van der Waals surface area contributed by atoms with E-state index in [-0.39, 0.29) is 0 Å². The fourth-order valence-corrected chi connectivity index (χ4v) is 2.38. The summed E-state index contributed by atoms with van der Waals surface area (Å²) in [6, 6.07) is 5.80. The summed E-state index contributed by atoms with van der Waals surface area (Å²) in [5.74, 6) is 1.20. The summed E-state index contributed by atoms with van der Waals surface area (Å²) in [5.41, 5.74) is 3.36. The fourth-order valence-electron chi connectivity index (χ4n) is 2.08. The highest BCUT2D eigenvalue weighted by Gasteiger charge is 2.12. The Hall–Kier alpha value is -1.78. The predicted octanol–water partition coefficient (Wildman–Crippen LogP) is 3.35. The summed E-state index contributed by atoms with van der Waals surface area (Å²) in [6.07, 6.45) is 3.67. The standard InChI is InChI=1S/C16H19ClN2O2/c1-11-6-7-18-9-13(11)10-19-8-12-4-5-14(20-2)16(21-3)15(12)17/h4-7,9,19H,8,10H2,1-3H3. The second kappa shape index (κ2) is 7.29. The van der Waals surface area contributed by atoms with Crippen LogP contribution in [0.2, 0.25) is 5.02 Å². The number of aryl methyl sites for hydroxylation is 1. The molecule has 0 unspecified atom stereocenters. The number of nitrogens with zero attached hydrogens (tertiary/aromatic N) is 1. The molecule has 1 aromatic carbocycles. The molecule has 0 bridgehead atoms. The third-order valence-corrected chi connectivity index (χ3v) is 3.76. The van der Waals surface area contributed by atoms with Crippen LogP contribution in [0, 0.1) is 6.92 Å². The zero-order chi connectivity index (χ0) is 15.2. The number of rotatable bonds is 6. The number of halogens is 1. The molecule has 0 radical (unpaired) electrons. The van der Waals surface area contributed by atoms with Gasteiger partial charge in [-0.15, -0.1) is 0 Å². The molecule has 21 heavy (non-hydrogen) atoms. The van der Waals surface area contributed by atoms with E-state index in [1.54, 1.807) is 20.4 Å². The molecule has 0 amide bonds. The van der Waals surface area contributed by atoms with Crippen molar-refractivity contribution in [3.05, 3.63) is 52.3 Å². The zero-order valence-electron chi connectivity index (χ0n) is 12.4. The molecule has 0 spiro atoms. The Morgan fingerprint density at radius 2 is 1.86 bits per heavy atom. The van der Waals surface area contributed by atoms with Gasteiger partial charge in [-0.25, -0.2) is 0 Å². The predicted molar refractivity (Wildman–Crippen MR) is 84.1 cm³/mol. The van der Waals surface area contributed by atoms with Gasteiger partial charge in [-0.05, 0) is 35.7 Å². The third kappa shape index (κ3) is 3.65. The molecule has 2 rings (SSSR count). The molecule has 4 nitrogen and oxygen atoms in total. The Morgan fingerprint density at radius 1 is 1.10 bits per heavy atom. The van der Waals surface area contributed by atoms with E-state index in [1.807, 2.05) is 24.4 Å². The molecule has 1 heterocycles. The highest BCUT2D eigenvalue weighted by Crippen LogP contribution is 2.37. The Labute approximate surface area is 130 Å². The van der Waals surface area contributed by atoms with Gasteiger partial charge in [0.1, 0.15) is 0 Å². The van der Waals surface area contributed by atoms with Gasteiger partial charge < -0.3 is 14.8 Å². The van der Waals surface area contributed by atoms with Crippen LogP contribution in [0.25, 0.3) is 0 Å². The average Bonchev–Trinajstić information content (AvgIpc) is 2.50. The maximum atomic E-state index is 6.35. The van der Waals surface area contributed by atoms with E-state index in [0.717, 1.165) is 12.1 Å². The number of hydrogen-bond donors (Lipinski definition) is 1. The lowest BCUT2D eigenvalue weighted by atomic mass is 10.1. The first-order valence-electron chi connectivity index (χ1n) is 6.67. The summed E-state index contributed by atoms with van der Waals surface area (Å²) in [5, 5.41) is 3.94. The number of ether oxygens (including phenoxy) is 2. The molecule has 0 aliphatic rings. The Balaban J connectivity index is 2.05. The SMILES string of the molecule is COc1ccc(CNCc2cnccc2C)c(Cl)c1OC. The maximum absolute atomic E-state index is 6.35. The molecule has 1 N–H and O–H groups in total. The number of aromatic nitrogens is 1. The molecule has 0 aliphatic heterocycles. The van der Waals surface area contributed by atoms with Gasteiger partial charge in [0.25, 0.3) is 0 Å². The molecular formula is C16H19ClN2O2. The van der Waals surface area contributed by atoms with Gasteiger partial charge in [-0.2, -0.15) is 0 Å². The molecule has 112 valence electrons. The van der Waals surface area contributed by atoms with Crippen LogP contribution in [0.1, 0.15) is 16.7 Å².